The summed E-state index contributed by atoms with van der Waals surface area (Å²) in [7, 11) is 0.223. The largest absolute Gasteiger partial charge is 0.365 e. The van der Waals surface area contributed by atoms with Gasteiger partial charge in [-0.15, -0.1) is 0 Å². The lowest BCUT2D eigenvalue weighted by atomic mass is 9.82. The summed E-state index contributed by atoms with van der Waals surface area (Å²) in [5, 5.41) is 3.32. The number of hydrogen-bond donors (Lipinski definition) is 1. The molecule has 3 saturated heterocycles. The topological polar surface area (TPSA) is 44.3 Å². The molecule has 0 radical (unpaired) electrons. The summed E-state index contributed by atoms with van der Waals surface area (Å²) in [6, 6.07) is 4.81. The molecule has 0 aliphatic carbocycles. The van der Waals surface area contributed by atoms with E-state index in [2.05, 4.69) is 38.6 Å². The first-order valence-electron chi connectivity index (χ1n) is 17.0. The molecule has 0 spiro atoms. The molecule has 7 heterocycles. The number of fused-ring (bicyclic) bond motifs is 7. The summed E-state index contributed by atoms with van der Waals surface area (Å²) in [5.74, 6) is 3.50. The number of aromatic nitrogens is 2. The third-order valence-corrected chi connectivity index (χ3v) is 12.7. The number of alkyl halides is 2. The van der Waals surface area contributed by atoms with Gasteiger partial charge in [0, 0.05) is 42.4 Å². The Kier molecular flexibility index (Phi) is 8.85. The van der Waals surface area contributed by atoms with E-state index in [1.807, 2.05) is 0 Å². The van der Waals surface area contributed by atoms with Crippen LogP contribution in [0.25, 0.3) is 6.08 Å². The highest BCUT2D eigenvalue weighted by atomic mass is 32.2. The van der Waals surface area contributed by atoms with Gasteiger partial charge in [0.2, 0.25) is 0 Å². The van der Waals surface area contributed by atoms with E-state index < -0.39 is 23.2 Å². The number of nitrogens with one attached hydrogen (secondary N) is 1. The van der Waals surface area contributed by atoms with Crippen LogP contribution in [0.1, 0.15) is 87.3 Å². The molecule has 0 amide bonds. The van der Waals surface area contributed by atoms with Gasteiger partial charge >= 0.3 is 0 Å². The van der Waals surface area contributed by atoms with Gasteiger partial charge in [-0.25, -0.2) is 23.1 Å². The molecule has 3 fully saturated rings. The van der Waals surface area contributed by atoms with Crippen molar-refractivity contribution in [2.45, 2.75) is 95.2 Å². The van der Waals surface area contributed by atoms with Crippen molar-refractivity contribution in [1.82, 2.24) is 14.9 Å². The zero-order valence-electron chi connectivity index (χ0n) is 26.3. The van der Waals surface area contributed by atoms with Crippen molar-refractivity contribution in [1.29, 1.82) is 0 Å². The van der Waals surface area contributed by atoms with Gasteiger partial charge < -0.3 is 10.2 Å². The van der Waals surface area contributed by atoms with Crippen molar-refractivity contribution in [3.8, 4) is 0 Å². The van der Waals surface area contributed by atoms with Crippen LogP contribution in [-0.4, -0.2) is 57.4 Å². The number of halogens is 3. The van der Waals surface area contributed by atoms with Crippen LogP contribution in [0.5, 0.6) is 0 Å². The van der Waals surface area contributed by atoms with Crippen LogP contribution in [0.3, 0.4) is 0 Å². The predicted octanol–water partition coefficient (Wildman–Crippen LogP) is 8.35. The second-order valence-electron chi connectivity index (χ2n) is 13.8. The fourth-order valence-electron chi connectivity index (χ4n) is 8.57. The van der Waals surface area contributed by atoms with Crippen LogP contribution in [0.4, 0.5) is 24.8 Å². The first kappa shape index (κ1) is 31.0. The Hall–Kier alpha value is -2.65. The fraction of sp³-hybridized carbons (Fsp3) is 0.583. The van der Waals surface area contributed by atoms with E-state index in [1.54, 1.807) is 12.1 Å². The lowest BCUT2D eigenvalue weighted by Gasteiger charge is -2.41. The van der Waals surface area contributed by atoms with Crippen LogP contribution in [0, 0.1) is 17.7 Å². The molecule has 1 N–H and O–H groups in total. The summed E-state index contributed by atoms with van der Waals surface area (Å²) in [4.78, 5) is 14.0. The Morgan fingerprint density at radius 3 is 2.40 bits per heavy atom. The minimum absolute atomic E-state index is 0.0563. The van der Waals surface area contributed by atoms with Gasteiger partial charge in [-0.05, 0) is 87.0 Å². The van der Waals surface area contributed by atoms with Crippen molar-refractivity contribution in [2.24, 2.45) is 11.8 Å². The Morgan fingerprint density at radius 1 is 0.933 bits per heavy atom. The van der Waals surface area contributed by atoms with Gasteiger partial charge in [0.1, 0.15) is 23.8 Å². The average Bonchev–Trinajstić information content (AvgIpc) is 3.25. The summed E-state index contributed by atoms with van der Waals surface area (Å²) in [5.41, 5.74) is 2.86. The molecule has 10 bridgehead atoms. The standard InChI is InChI=1S/C36H46F3N5S/c1-24-30(25-13-17-45(2)18-14-25)21-31-34-40-22-26-9-8-10-32(33(26)37)36(38,39)27-19-28-11-12-29(20-27)44(28)16-7-5-3-4-6-15-43(24)35(31)42-23-41-34/h8-10,21,23,25,27-29H,1-7,11-20,22H2,(H,40,41,42). The molecule has 8 rings (SSSR count). The van der Waals surface area contributed by atoms with E-state index in [0.29, 0.717) is 24.6 Å². The summed E-state index contributed by atoms with van der Waals surface area (Å²) < 4.78 is 48.2. The zero-order chi connectivity index (χ0) is 31.1. The van der Waals surface area contributed by atoms with Crippen molar-refractivity contribution in [2.75, 3.05) is 34.8 Å². The predicted molar refractivity (Wildman–Crippen MR) is 181 cm³/mol. The molecule has 0 saturated carbocycles. The van der Waals surface area contributed by atoms with E-state index in [-0.39, 0.29) is 34.7 Å². The van der Waals surface area contributed by atoms with Crippen molar-refractivity contribution < 1.29 is 13.2 Å². The minimum Gasteiger partial charge on any atom is -0.365 e. The molecule has 242 valence electrons. The fourth-order valence-corrected chi connectivity index (χ4v) is 10.0. The molecule has 5 nitrogen and oxygen atoms in total. The highest BCUT2D eigenvalue weighted by Crippen LogP contribution is 2.50. The quantitative estimate of drug-likeness (QED) is 0.319. The van der Waals surface area contributed by atoms with Gasteiger partial charge in [0.05, 0.1) is 11.1 Å². The Balaban J connectivity index is 1.22. The Bertz CT molecular complexity index is 1470. The average molecular weight is 638 g/mol. The Labute approximate surface area is 268 Å². The number of hydrogen-bond acceptors (Lipinski definition) is 5. The maximum absolute atomic E-state index is 16.1. The normalized spacial score (nSPS) is 31.9. The van der Waals surface area contributed by atoms with E-state index in [1.165, 1.54) is 18.0 Å². The molecule has 1 aromatic heterocycles. The van der Waals surface area contributed by atoms with Gasteiger partial charge in [-0.3, -0.25) is 4.90 Å². The second-order valence-corrected chi connectivity index (χ2v) is 15.8. The number of allylic oxidation sites excluding steroid dienone is 1. The number of nitrogens with zero attached hydrogens (tertiary/aromatic N) is 4. The second kappa shape index (κ2) is 12.9. The third kappa shape index (κ3) is 5.99. The molecule has 1 aromatic carbocycles. The number of benzene rings is 1. The zero-order valence-corrected chi connectivity index (χ0v) is 27.1. The molecule has 6 aliphatic rings. The van der Waals surface area contributed by atoms with Crippen molar-refractivity contribution in [3.63, 3.8) is 0 Å². The Morgan fingerprint density at radius 2 is 1.64 bits per heavy atom. The number of anilines is 2. The molecule has 2 aromatic rings. The lowest BCUT2D eigenvalue weighted by molar-refractivity contribution is -0.100. The van der Waals surface area contributed by atoms with Gasteiger partial charge in [-0.1, -0.05) is 49.9 Å². The van der Waals surface area contributed by atoms with E-state index >= 15 is 13.2 Å². The van der Waals surface area contributed by atoms with Crippen LogP contribution < -0.4 is 10.2 Å². The molecule has 45 heavy (non-hydrogen) atoms. The van der Waals surface area contributed by atoms with Crippen molar-refractivity contribution in [3.05, 3.63) is 64.9 Å². The molecule has 6 aliphatic heterocycles. The van der Waals surface area contributed by atoms with E-state index in [0.717, 1.165) is 99.5 Å². The first-order valence-corrected chi connectivity index (χ1v) is 18.7. The van der Waals surface area contributed by atoms with Crippen LogP contribution >= 0.6 is 10.5 Å². The number of rotatable bonds is 1. The monoisotopic (exact) mass is 637 g/mol. The third-order valence-electron chi connectivity index (χ3n) is 11.1. The molecular formula is C36H46F3N5S. The highest BCUT2D eigenvalue weighted by Gasteiger charge is 2.51. The highest BCUT2D eigenvalue weighted by molar-refractivity contribution is 8.14. The first-order chi connectivity index (χ1) is 21.8. The van der Waals surface area contributed by atoms with E-state index in [9.17, 15) is 0 Å². The van der Waals surface area contributed by atoms with Crippen molar-refractivity contribution >= 4 is 34.1 Å². The smallest absolute Gasteiger partial charge is 0.278 e. The summed E-state index contributed by atoms with van der Waals surface area (Å²) in [6.45, 7) is 6.43. The molecule has 9 heteroatoms. The molecule has 2 unspecified atom stereocenters. The summed E-state index contributed by atoms with van der Waals surface area (Å²) in [6.07, 6.45) is 14.2. The maximum Gasteiger partial charge on any atom is 0.278 e. The maximum atomic E-state index is 16.1. The van der Waals surface area contributed by atoms with E-state index in [4.69, 9.17) is 4.98 Å². The summed E-state index contributed by atoms with van der Waals surface area (Å²) >= 11 is 0. The van der Waals surface area contributed by atoms with Crippen LogP contribution in [-0.2, 0) is 12.5 Å². The van der Waals surface area contributed by atoms with Gasteiger partial charge in [0.15, 0.2) is 0 Å². The SMILES string of the molecule is C=C1C(C2CCS(=C)CC2)=Cc2c3ncnc2N1CCCCCCCN1C2CCC1CC(C2)C(F)(F)c1cccc(c1F)CN3. The lowest BCUT2D eigenvalue weighted by Crippen LogP contribution is -2.47. The van der Waals surface area contributed by atoms with Gasteiger partial charge in [0.25, 0.3) is 5.92 Å². The molecule has 2 atom stereocenters. The van der Waals surface area contributed by atoms with Gasteiger partial charge in [-0.2, -0.15) is 10.5 Å². The van der Waals surface area contributed by atoms with Crippen LogP contribution in [0.2, 0.25) is 0 Å². The molecular weight excluding hydrogens is 591 g/mol. The minimum atomic E-state index is -3.22. The number of piperidine rings is 1. The van der Waals surface area contributed by atoms with Crippen LogP contribution in [0.15, 0.2) is 42.4 Å².